The Morgan fingerprint density at radius 2 is 1.71 bits per heavy atom. The van der Waals surface area contributed by atoms with Gasteiger partial charge in [0.05, 0.1) is 10.6 Å². The third-order valence-electron chi connectivity index (χ3n) is 1.78. The first-order valence-corrected chi connectivity index (χ1v) is 9.71. The molecule has 0 heterocycles. The standard InChI is InChI=1S/C11H11BrOS2.C2H6OS.ClH.Pt/c1-2-15-11(14)7-10(13)8-3-5-9(12)6-4-8;1-4(2)3;;/h3-6H,2,7H2,1H3;1-2H3;1H;/q;;;+2/p-1. The van der Waals surface area contributed by atoms with E-state index in [0.717, 1.165) is 20.0 Å². The summed E-state index contributed by atoms with van der Waals surface area (Å²) in [4.78, 5) is 11.7. The van der Waals surface area contributed by atoms with Crippen LogP contribution in [0.2, 0.25) is 0 Å². The molecular formula is C13H17BrClO2PtS3+. The van der Waals surface area contributed by atoms with Crippen LogP contribution < -0.4 is 12.4 Å². The molecule has 0 saturated carbocycles. The minimum absolute atomic E-state index is 0. The number of carbonyl (C=O) groups is 1. The van der Waals surface area contributed by atoms with Gasteiger partial charge in [-0.2, -0.15) is 0 Å². The molecule has 1 rings (SSSR count). The second kappa shape index (κ2) is 15.8. The molecular weight excluding hydrogens is 595 g/mol. The summed E-state index contributed by atoms with van der Waals surface area (Å²) in [7, 11) is -0.611. The van der Waals surface area contributed by atoms with Crippen LogP contribution in [0.1, 0.15) is 23.7 Å². The third kappa shape index (κ3) is 15.6. The van der Waals surface area contributed by atoms with Gasteiger partial charge < -0.3 is 12.4 Å². The van der Waals surface area contributed by atoms with Gasteiger partial charge in [0.1, 0.15) is 0 Å². The van der Waals surface area contributed by atoms with Crippen molar-refractivity contribution in [3.8, 4) is 0 Å². The molecule has 0 N–H and O–H groups in total. The van der Waals surface area contributed by atoms with Crippen LogP contribution in [0.25, 0.3) is 0 Å². The molecule has 0 bridgehead atoms. The van der Waals surface area contributed by atoms with Crippen LogP contribution in [-0.2, 0) is 31.9 Å². The number of thioether (sulfide) groups is 1. The predicted molar refractivity (Wildman–Crippen MR) is 93.8 cm³/mol. The average molecular weight is 612 g/mol. The van der Waals surface area contributed by atoms with Gasteiger partial charge in [0, 0.05) is 33.3 Å². The molecule has 21 heavy (non-hydrogen) atoms. The summed E-state index contributed by atoms with van der Waals surface area (Å²) in [6.07, 6.45) is 3.63. The van der Waals surface area contributed by atoms with E-state index in [4.69, 9.17) is 12.2 Å². The van der Waals surface area contributed by atoms with E-state index in [0.29, 0.717) is 6.42 Å². The molecule has 0 saturated heterocycles. The van der Waals surface area contributed by atoms with Gasteiger partial charge in [0.25, 0.3) is 0 Å². The zero-order valence-corrected chi connectivity index (χ0v) is 18.9. The third-order valence-corrected chi connectivity index (χ3v) is 3.56. The van der Waals surface area contributed by atoms with E-state index < -0.39 is 10.8 Å². The second-order valence-electron chi connectivity index (χ2n) is 3.65. The van der Waals surface area contributed by atoms with E-state index >= 15 is 0 Å². The topological polar surface area (TPSA) is 34.1 Å². The fraction of sp³-hybridized carbons (Fsp3) is 0.385. The van der Waals surface area contributed by atoms with Crippen molar-refractivity contribution < 1.29 is 42.5 Å². The van der Waals surface area contributed by atoms with E-state index in [-0.39, 0.29) is 39.3 Å². The van der Waals surface area contributed by atoms with Crippen molar-refractivity contribution in [3.63, 3.8) is 0 Å². The average Bonchev–Trinajstić information content (AvgIpc) is 2.29. The van der Waals surface area contributed by atoms with Gasteiger partial charge in [0.15, 0.2) is 5.78 Å². The van der Waals surface area contributed by atoms with E-state index in [1.54, 1.807) is 24.3 Å². The number of hydrogen-bond donors (Lipinski definition) is 0. The van der Waals surface area contributed by atoms with Gasteiger partial charge in [-0.25, -0.2) is 0 Å². The molecule has 1 aromatic rings. The molecule has 0 aliphatic rings. The fourth-order valence-corrected chi connectivity index (χ4v) is 2.39. The fourth-order valence-electron chi connectivity index (χ4n) is 1.08. The number of benzene rings is 1. The van der Waals surface area contributed by atoms with Crippen molar-refractivity contribution in [1.82, 2.24) is 0 Å². The molecule has 1 aromatic carbocycles. The monoisotopic (exact) mass is 610 g/mol. The van der Waals surface area contributed by atoms with Gasteiger partial charge in [0.2, 0.25) is 0 Å². The Hall–Kier alpha value is 0.938. The molecule has 0 unspecified atom stereocenters. The van der Waals surface area contributed by atoms with E-state index in [9.17, 15) is 9.00 Å². The van der Waals surface area contributed by atoms with Crippen LogP contribution >= 0.6 is 39.9 Å². The minimum Gasteiger partial charge on any atom is -1.00 e. The summed E-state index contributed by atoms with van der Waals surface area (Å²) in [6, 6.07) is 7.35. The molecule has 2 nitrogen and oxygen atoms in total. The summed E-state index contributed by atoms with van der Waals surface area (Å²) < 4.78 is 11.3. The molecule has 0 radical (unpaired) electrons. The number of halogens is 2. The SMILES string of the molecule is CCSC(=S)CC(=O)c1ccc(Br)cc1.CS(C)=O.[Cl-].[Pt+2]. The summed E-state index contributed by atoms with van der Waals surface area (Å²) in [5.74, 6) is 1.01. The zero-order chi connectivity index (χ0) is 14.8. The minimum atomic E-state index is -0.611. The van der Waals surface area contributed by atoms with E-state index in [1.165, 1.54) is 0 Å². The predicted octanol–water partition coefficient (Wildman–Crippen LogP) is 1.10. The maximum Gasteiger partial charge on any atom is 2.00 e. The Morgan fingerprint density at radius 1 is 1.29 bits per heavy atom. The van der Waals surface area contributed by atoms with Crippen molar-refractivity contribution in [2.45, 2.75) is 13.3 Å². The van der Waals surface area contributed by atoms with Crippen LogP contribution in [0, 0.1) is 0 Å². The first-order valence-electron chi connectivity index (χ1n) is 5.56. The van der Waals surface area contributed by atoms with Crippen molar-refractivity contribution >= 4 is 60.7 Å². The maximum absolute atomic E-state index is 11.7. The first-order chi connectivity index (χ1) is 8.86. The smallest absolute Gasteiger partial charge is 1.00 e. The Kier molecular flexibility index (Phi) is 20.2. The molecule has 0 spiro atoms. The number of rotatable bonds is 4. The largest absolute Gasteiger partial charge is 2.00 e. The molecule has 0 aromatic heterocycles. The quantitative estimate of drug-likeness (QED) is 0.378. The van der Waals surface area contributed by atoms with Crippen molar-refractivity contribution in [1.29, 1.82) is 0 Å². The molecule has 0 aliphatic heterocycles. The van der Waals surface area contributed by atoms with Crippen LogP contribution in [0.3, 0.4) is 0 Å². The second-order valence-corrected chi connectivity index (χ2v) is 8.16. The van der Waals surface area contributed by atoms with Crippen molar-refractivity contribution in [2.75, 3.05) is 18.3 Å². The van der Waals surface area contributed by atoms with Gasteiger partial charge in [-0.1, -0.05) is 47.2 Å². The molecule has 0 fully saturated rings. The van der Waals surface area contributed by atoms with Gasteiger partial charge >= 0.3 is 21.1 Å². The van der Waals surface area contributed by atoms with Crippen LogP contribution in [0.15, 0.2) is 28.7 Å². The molecule has 0 aliphatic carbocycles. The zero-order valence-electron chi connectivity index (χ0n) is 11.8. The van der Waals surface area contributed by atoms with Gasteiger partial charge in [-0.15, -0.1) is 11.8 Å². The van der Waals surface area contributed by atoms with Gasteiger partial charge in [-0.3, -0.25) is 9.00 Å². The summed E-state index contributed by atoms with van der Waals surface area (Å²) in [6.45, 7) is 2.03. The van der Waals surface area contributed by atoms with Gasteiger partial charge in [-0.05, 0) is 17.9 Å². The molecule has 122 valence electrons. The van der Waals surface area contributed by atoms with E-state index in [2.05, 4.69) is 15.9 Å². The number of thiocarbonyl (C=S) groups is 1. The van der Waals surface area contributed by atoms with Crippen molar-refractivity contribution in [3.05, 3.63) is 34.3 Å². The summed E-state index contributed by atoms with van der Waals surface area (Å²) in [5, 5.41) is 0. The van der Waals surface area contributed by atoms with Crippen LogP contribution in [0.5, 0.6) is 0 Å². The Labute approximate surface area is 167 Å². The first kappa shape index (κ1) is 26.8. The summed E-state index contributed by atoms with van der Waals surface area (Å²) >= 11 is 9.98. The van der Waals surface area contributed by atoms with Crippen LogP contribution in [0.4, 0.5) is 0 Å². The van der Waals surface area contributed by atoms with Crippen LogP contribution in [-0.4, -0.2) is 32.5 Å². The number of hydrogen-bond acceptors (Lipinski definition) is 4. The Balaban J connectivity index is -0.000000482. The number of ketones is 1. The molecule has 0 atom stereocenters. The number of Topliss-reactive ketones (excluding diaryl/α,β-unsaturated/α-hetero) is 1. The Morgan fingerprint density at radius 3 is 2.10 bits per heavy atom. The maximum atomic E-state index is 11.7. The van der Waals surface area contributed by atoms with Crippen molar-refractivity contribution in [2.24, 2.45) is 0 Å². The number of carbonyl (C=O) groups excluding carboxylic acids is 1. The van der Waals surface area contributed by atoms with E-state index in [1.807, 2.05) is 31.2 Å². The Bertz CT molecular complexity index is 451. The molecule has 0 amide bonds. The normalized spacial score (nSPS) is 8.81. The molecule has 8 heteroatoms. The summed E-state index contributed by atoms with van der Waals surface area (Å²) in [5.41, 5.74) is 0.720.